The van der Waals surface area contributed by atoms with E-state index in [1.165, 1.54) is 0 Å². The Hall–Kier alpha value is -2.24. The number of hydrogen-bond donors (Lipinski definition) is 0. The highest BCUT2D eigenvalue weighted by molar-refractivity contribution is 9.10. The summed E-state index contributed by atoms with van der Waals surface area (Å²) in [6.45, 7) is 1.60. The van der Waals surface area contributed by atoms with Crippen LogP contribution >= 0.6 is 15.9 Å². The number of methoxy groups -OCH3 is 1. The second-order valence-corrected chi connectivity index (χ2v) is 6.86. The SMILES string of the molecule is COc1ccc(N2CCO[C@H]2c2ccn(-c3ccc(Br)cc3)c2)cc1. The van der Waals surface area contributed by atoms with Crippen LogP contribution in [0.1, 0.15) is 11.8 Å². The van der Waals surface area contributed by atoms with Crippen molar-refractivity contribution in [3.8, 4) is 11.4 Å². The molecule has 2 heterocycles. The third-order valence-electron chi connectivity index (χ3n) is 4.42. The molecule has 128 valence electrons. The molecule has 1 aliphatic rings. The predicted molar refractivity (Wildman–Crippen MR) is 103 cm³/mol. The van der Waals surface area contributed by atoms with Crippen LogP contribution in [-0.2, 0) is 4.74 Å². The maximum atomic E-state index is 6.00. The summed E-state index contributed by atoms with van der Waals surface area (Å²) in [6.07, 6.45) is 4.15. The minimum atomic E-state index is -0.0647. The van der Waals surface area contributed by atoms with E-state index in [0.717, 1.165) is 40.3 Å². The van der Waals surface area contributed by atoms with Crippen LogP contribution < -0.4 is 9.64 Å². The summed E-state index contributed by atoms with van der Waals surface area (Å²) in [7, 11) is 1.68. The minimum Gasteiger partial charge on any atom is -0.497 e. The second kappa shape index (κ2) is 6.94. The number of aromatic nitrogens is 1. The van der Waals surface area contributed by atoms with Crippen molar-refractivity contribution in [1.29, 1.82) is 0 Å². The van der Waals surface area contributed by atoms with Crippen molar-refractivity contribution in [2.75, 3.05) is 25.2 Å². The molecule has 1 aromatic heterocycles. The highest BCUT2D eigenvalue weighted by Crippen LogP contribution is 2.33. The van der Waals surface area contributed by atoms with Crippen molar-refractivity contribution >= 4 is 21.6 Å². The van der Waals surface area contributed by atoms with Crippen molar-refractivity contribution in [3.05, 3.63) is 77.0 Å². The van der Waals surface area contributed by atoms with Crippen LogP contribution in [0.3, 0.4) is 0 Å². The molecule has 4 nitrogen and oxygen atoms in total. The first-order valence-corrected chi connectivity index (χ1v) is 9.00. The first kappa shape index (κ1) is 16.2. The lowest BCUT2D eigenvalue weighted by Crippen LogP contribution is -2.22. The van der Waals surface area contributed by atoms with Gasteiger partial charge in [0.25, 0.3) is 0 Å². The van der Waals surface area contributed by atoms with E-state index in [9.17, 15) is 0 Å². The van der Waals surface area contributed by atoms with Gasteiger partial charge in [-0.1, -0.05) is 15.9 Å². The smallest absolute Gasteiger partial charge is 0.158 e. The Morgan fingerprint density at radius 3 is 2.44 bits per heavy atom. The number of rotatable bonds is 4. The average molecular weight is 399 g/mol. The van der Waals surface area contributed by atoms with Gasteiger partial charge < -0.3 is 18.9 Å². The van der Waals surface area contributed by atoms with Gasteiger partial charge in [-0.25, -0.2) is 0 Å². The molecule has 1 fully saturated rings. The fourth-order valence-corrected chi connectivity index (χ4v) is 3.38. The lowest BCUT2D eigenvalue weighted by Gasteiger charge is -2.24. The van der Waals surface area contributed by atoms with Crippen LogP contribution in [0, 0.1) is 0 Å². The molecular formula is C20H19BrN2O2. The van der Waals surface area contributed by atoms with E-state index in [0.29, 0.717) is 0 Å². The summed E-state index contributed by atoms with van der Waals surface area (Å²) in [4.78, 5) is 2.28. The molecule has 0 N–H and O–H groups in total. The summed E-state index contributed by atoms with van der Waals surface area (Å²) in [5, 5.41) is 0. The highest BCUT2D eigenvalue weighted by Gasteiger charge is 2.28. The molecule has 5 heteroatoms. The minimum absolute atomic E-state index is 0.0647. The first-order valence-electron chi connectivity index (χ1n) is 8.21. The fourth-order valence-electron chi connectivity index (χ4n) is 3.12. The molecule has 1 aliphatic heterocycles. The molecule has 0 saturated carbocycles. The van der Waals surface area contributed by atoms with Gasteiger partial charge in [-0.3, -0.25) is 0 Å². The molecule has 0 radical (unpaired) electrons. The monoisotopic (exact) mass is 398 g/mol. The molecule has 25 heavy (non-hydrogen) atoms. The van der Waals surface area contributed by atoms with Crippen molar-refractivity contribution in [2.45, 2.75) is 6.23 Å². The van der Waals surface area contributed by atoms with Crippen LogP contribution in [0.15, 0.2) is 71.5 Å². The molecule has 0 aliphatic carbocycles. The van der Waals surface area contributed by atoms with Crippen molar-refractivity contribution < 1.29 is 9.47 Å². The summed E-state index contributed by atoms with van der Waals surface area (Å²) in [5.41, 5.74) is 3.42. The van der Waals surface area contributed by atoms with E-state index >= 15 is 0 Å². The summed E-state index contributed by atoms with van der Waals surface area (Å²) in [5.74, 6) is 0.863. The van der Waals surface area contributed by atoms with Gasteiger partial charge in [0, 0.05) is 40.3 Å². The van der Waals surface area contributed by atoms with Crippen LogP contribution in [0.25, 0.3) is 5.69 Å². The third-order valence-corrected chi connectivity index (χ3v) is 4.95. The molecule has 1 saturated heterocycles. The summed E-state index contributed by atoms with van der Waals surface area (Å²) in [6, 6.07) is 18.5. The maximum absolute atomic E-state index is 6.00. The number of hydrogen-bond acceptors (Lipinski definition) is 3. The standard InChI is InChI=1S/C20H19BrN2O2/c1-24-19-8-6-18(7-9-19)23-12-13-25-20(23)15-10-11-22(14-15)17-4-2-16(21)3-5-17/h2-11,14,20H,12-13H2,1H3/t20-/m0/s1. The van der Waals surface area contributed by atoms with Crippen LogP contribution in [0.2, 0.25) is 0 Å². The van der Waals surface area contributed by atoms with Crippen LogP contribution in [-0.4, -0.2) is 24.8 Å². The highest BCUT2D eigenvalue weighted by atomic mass is 79.9. The number of anilines is 1. The fraction of sp³-hybridized carbons (Fsp3) is 0.200. The molecule has 0 spiro atoms. The van der Waals surface area contributed by atoms with Gasteiger partial charge >= 0.3 is 0 Å². The third kappa shape index (κ3) is 3.30. The Labute approximate surface area is 155 Å². The van der Waals surface area contributed by atoms with E-state index in [1.54, 1.807) is 7.11 Å². The number of benzene rings is 2. The van der Waals surface area contributed by atoms with E-state index in [2.05, 4.69) is 68.1 Å². The number of nitrogens with zero attached hydrogens (tertiary/aromatic N) is 2. The Kier molecular flexibility index (Phi) is 4.51. The maximum Gasteiger partial charge on any atom is 0.158 e. The van der Waals surface area contributed by atoms with E-state index in [1.807, 2.05) is 24.3 Å². The van der Waals surface area contributed by atoms with Gasteiger partial charge in [0.1, 0.15) is 5.75 Å². The van der Waals surface area contributed by atoms with Crippen LogP contribution in [0.4, 0.5) is 5.69 Å². The van der Waals surface area contributed by atoms with Crippen molar-refractivity contribution in [2.24, 2.45) is 0 Å². The van der Waals surface area contributed by atoms with E-state index in [4.69, 9.17) is 9.47 Å². The molecule has 2 aromatic carbocycles. The van der Waals surface area contributed by atoms with Gasteiger partial charge in [0.15, 0.2) is 6.23 Å². The molecule has 0 unspecified atom stereocenters. The zero-order valence-electron chi connectivity index (χ0n) is 13.9. The lowest BCUT2D eigenvalue weighted by atomic mass is 10.2. The molecule has 1 atom stereocenters. The number of halogens is 1. The van der Waals surface area contributed by atoms with E-state index in [-0.39, 0.29) is 6.23 Å². The first-order chi connectivity index (χ1) is 12.2. The number of ether oxygens (including phenoxy) is 2. The zero-order chi connectivity index (χ0) is 17.2. The Bertz CT molecular complexity index is 843. The van der Waals surface area contributed by atoms with Gasteiger partial charge in [-0.2, -0.15) is 0 Å². The molecule has 0 amide bonds. The van der Waals surface area contributed by atoms with Crippen LogP contribution in [0.5, 0.6) is 5.75 Å². The summed E-state index contributed by atoms with van der Waals surface area (Å²) >= 11 is 3.48. The Morgan fingerprint density at radius 2 is 1.72 bits per heavy atom. The van der Waals surface area contributed by atoms with Crippen molar-refractivity contribution in [1.82, 2.24) is 4.57 Å². The molecule has 4 rings (SSSR count). The normalized spacial score (nSPS) is 17.0. The average Bonchev–Trinajstić information content (AvgIpc) is 3.31. The van der Waals surface area contributed by atoms with Gasteiger partial charge in [0.05, 0.1) is 13.7 Å². The van der Waals surface area contributed by atoms with Gasteiger partial charge in [-0.05, 0) is 54.6 Å². The lowest BCUT2D eigenvalue weighted by molar-refractivity contribution is 0.114. The molecule has 0 bridgehead atoms. The van der Waals surface area contributed by atoms with Crippen molar-refractivity contribution in [3.63, 3.8) is 0 Å². The molecule has 3 aromatic rings. The summed E-state index contributed by atoms with van der Waals surface area (Å²) < 4.78 is 14.5. The molecular weight excluding hydrogens is 380 g/mol. The Morgan fingerprint density at radius 1 is 1.00 bits per heavy atom. The van der Waals surface area contributed by atoms with E-state index < -0.39 is 0 Å². The quantitative estimate of drug-likeness (QED) is 0.632. The second-order valence-electron chi connectivity index (χ2n) is 5.94. The largest absolute Gasteiger partial charge is 0.497 e. The topological polar surface area (TPSA) is 26.6 Å². The Balaban J connectivity index is 1.59. The van der Waals surface area contributed by atoms with Gasteiger partial charge in [-0.15, -0.1) is 0 Å². The predicted octanol–water partition coefficient (Wildman–Crippen LogP) is 4.78. The zero-order valence-corrected chi connectivity index (χ0v) is 15.5. The van der Waals surface area contributed by atoms with Gasteiger partial charge in [0.2, 0.25) is 0 Å².